The van der Waals surface area contributed by atoms with Crippen molar-refractivity contribution in [2.45, 2.75) is 63.5 Å². The minimum atomic E-state index is -1.20. The van der Waals surface area contributed by atoms with E-state index in [9.17, 15) is 18.8 Å². The lowest BCUT2D eigenvalue weighted by atomic mass is 9.84. The van der Waals surface area contributed by atoms with Gasteiger partial charge in [0.2, 0.25) is 5.78 Å². The smallest absolute Gasteiger partial charge is 0.408 e. The van der Waals surface area contributed by atoms with Crippen LogP contribution in [0, 0.1) is 17.7 Å². The van der Waals surface area contributed by atoms with Crippen molar-refractivity contribution < 1.29 is 32.7 Å². The molecule has 1 unspecified atom stereocenters. The Morgan fingerprint density at radius 1 is 1.22 bits per heavy atom. The van der Waals surface area contributed by atoms with Crippen molar-refractivity contribution >= 4 is 28.9 Å². The van der Waals surface area contributed by atoms with Crippen LogP contribution in [0.1, 0.15) is 62.6 Å². The molecule has 3 fully saturated rings. The molecule has 0 spiro atoms. The van der Waals surface area contributed by atoms with Crippen LogP contribution in [0.15, 0.2) is 22.6 Å². The molecule has 3 atom stereocenters. The minimum absolute atomic E-state index is 0.0188. The lowest BCUT2D eigenvalue weighted by Crippen LogP contribution is -2.51. The van der Waals surface area contributed by atoms with Gasteiger partial charge >= 0.3 is 6.09 Å². The first-order valence-electron chi connectivity index (χ1n) is 12.9. The standard InChI is InChI=1S/C26H32FN3O6/c1-2-19(21(31)23-28-20-10-6-9-18(27)22(20)35-23)29-25(33)36-26(24(32)30-11-13-34-14-12-30)15-17(26)16-7-4-3-5-8-16/h6,9-10,16-17,19H,2-5,7-8,11-15H2,1H3,(H,29,33)/t17?,19-,26+/m0/s1. The second-order valence-electron chi connectivity index (χ2n) is 9.97. The Balaban J connectivity index is 1.30. The van der Waals surface area contributed by atoms with Crippen LogP contribution < -0.4 is 5.32 Å². The summed E-state index contributed by atoms with van der Waals surface area (Å²) in [5.74, 6) is -1.34. The Morgan fingerprint density at radius 2 is 1.97 bits per heavy atom. The van der Waals surface area contributed by atoms with E-state index in [1.165, 1.54) is 18.6 Å². The van der Waals surface area contributed by atoms with Gasteiger partial charge < -0.3 is 24.1 Å². The van der Waals surface area contributed by atoms with Gasteiger partial charge in [0.05, 0.1) is 13.2 Å². The van der Waals surface area contributed by atoms with Crippen LogP contribution in [0.3, 0.4) is 0 Å². The van der Waals surface area contributed by atoms with Crippen LogP contribution in [0.4, 0.5) is 9.18 Å². The molecular formula is C26H32FN3O6. The fraction of sp³-hybridized carbons (Fsp3) is 0.615. The van der Waals surface area contributed by atoms with Gasteiger partial charge in [-0.05, 0) is 24.5 Å². The highest BCUT2D eigenvalue weighted by Crippen LogP contribution is 2.56. The number of Topliss-reactive ketones (excluding diaryl/α,β-unsaturated/α-hetero) is 1. The van der Waals surface area contributed by atoms with E-state index in [0.717, 1.165) is 25.7 Å². The molecule has 1 saturated heterocycles. The predicted octanol–water partition coefficient (Wildman–Crippen LogP) is 3.85. The van der Waals surface area contributed by atoms with Crippen LogP contribution in [0.2, 0.25) is 0 Å². The van der Waals surface area contributed by atoms with Crippen molar-refractivity contribution in [1.29, 1.82) is 0 Å². The number of aromatic nitrogens is 1. The molecule has 2 amide bonds. The van der Waals surface area contributed by atoms with Gasteiger partial charge in [0, 0.05) is 25.4 Å². The highest BCUT2D eigenvalue weighted by Gasteiger charge is 2.67. The number of nitrogens with one attached hydrogen (secondary N) is 1. The lowest BCUT2D eigenvalue weighted by molar-refractivity contribution is -0.148. The lowest BCUT2D eigenvalue weighted by Gasteiger charge is -2.32. The molecule has 2 aliphatic carbocycles. The monoisotopic (exact) mass is 501 g/mol. The molecule has 10 heteroatoms. The third-order valence-corrected chi connectivity index (χ3v) is 7.71. The molecular weight excluding hydrogens is 469 g/mol. The summed E-state index contributed by atoms with van der Waals surface area (Å²) in [6.07, 6.45) is 5.39. The molecule has 1 N–H and O–H groups in total. The number of fused-ring (bicyclic) bond motifs is 1. The zero-order valence-electron chi connectivity index (χ0n) is 20.5. The van der Waals surface area contributed by atoms with Crippen LogP contribution in [-0.4, -0.2) is 65.6 Å². The van der Waals surface area contributed by atoms with Crippen LogP contribution in [-0.2, 0) is 14.3 Å². The topological polar surface area (TPSA) is 111 Å². The van der Waals surface area contributed by atoms with Crippen molar-refractivity contribution in [1.82, 2.24) is 15.2 Å². The maximum atomic E-state index is 14.0. The van der Waals surface area contributed by atoms with Gasteiger partial charge in [0.25, 0.3) is 11.8 Å². The zero-order chi connectivity index (χ0) is 25.3. The molecule has 1 aliphatic heterocycles. The van der Waals surface area contributed by atoms with Crippen molar-refractivity contribution in [2.75, 3.05) is 26.3 Å². The van der Waals surface area contributed by atoms with Crippen molar-refractivity contribution in [3.63, 3.8) is 0 Å². The molecule has 1 aromatic carbocycles. The van der Waals surface area contributed by atoms with Crippen LogP contribution >= 0.6 is 0 Å². The minimum Gasteiger partial charge on any atom is -0.432 e. The Hall–Kier alpha value is -3.01. The summed E-state index contributed by atoms with van der Waals surface area (Å²) < 4.78 is 30.6. The number of nitrogens with zero attached hydrogens (tertiary/aromatic N) is 2. The van der Waals surface area contributed by atoms with E-state index < -0.39 is 29.3 Å². The van der Waals surface area contributed by atoms with E-state index in [1.54, 1.807) is 17.9 Å². The fourth-order valence-corrected chi connectivity index (χ4v) is 5.65. The largest absolute Gasteiger partial charge is 0.432 e. The van der Waals surface area contributed by atoms with Crippen molar-refractivity contribution in [3.05, 3.63) is 29.9 Å². The summed E-state index contributed by atoms with van der Waals surface area (Å²) in [5.41, 5.74) is -1.09. The van der Waals surface area contributed by atoms with Gasteiger partial charge in [-0.2, -0.15) is 0 Å². The van der Waals surface area contributed by atoms with Gasteiger partial charge in [0.15, 0.2) is 17.0 Å². The maximum Gasteiger partial charge on any atom is 0.408 e. The summed E-state index contributed by atoms with van der Waals surface area (Å²) in [6.45, 7) is 3.57. The summed E-state index contributed by atoms with van der Waals surface area (Å²) in [4.78, 5) is 45.4. The molecule has 3 aliphatic rings. The molecule has 2 heterocycles. The van der Waals surface area contributed by atoms with E-state index in [4.69, 9.17) is 13.9 Å². The normalized spacial score (nSPS) is 25.4. The number of oxazole rings is 1. The molecule has 5 rings (SSSR count). The van der Waals surface area contributed by atoms with E-state index in [-0.39, 0.29) is 35.2 Å². The first-order chi connectivity index (χ1) is 17.4. The fourth-order valence-electron chi connectivity index (χ4n) is 5.65. The average Bonchev–Trinajstić information content (AvgIpc) is 3.45. The van der Waals surface area contributed by atoms with Gasteiger partial charge in [-0.3, -0.25) is 9.59 Å². The third kappa shape index (κ3) is 4.70. The number of amides is 2. The number of rotatable bonds is 7. The molecule has 2 saturated carbocycles. The molecule has 9 nitrogen and oxygen atoms in total. The summed E-state index contributed by atoms with van der Waals surface area (Å²) in [6, 6.07) is 3.25. The van der Waals surface area contributed by atoms with E-state index in [0.29, 0.717) is 38.6 Å². The van der Waals surface area contributed by atoms with Gasteiger partial charge in [0.1, 0.15) is 11.6 Å². The van der Waals surface area contributed by atoms with Crippen LogP contribution in [0.25, 0.3) is 11.1 Å². The number of ether oxygens (including phenoxy) is 2. The summed E-state index contributed by atoms with van der Waals surface area (Å²) in [7, 11) is 0. The Labute approximate surface area is 208 Å². The first-order valence-corrected chi connectivity index (χ1v) is 12.9. The number of carbonyl (C=O) groups excluding carboxylic acids is 3. The highest BCUT2D eigenvalue weighted by atomic mass is 19.1. The predicted molar refractivity (Wildman–Crippen MR) is 127 cm³/mol. The molecule has 194 valence electrons. The van der Waals surface area contributed by atoms with E-state index in [1.807, 2.05) is 0 Å². The Kier molecular flexibility index (Phi) is 6.96. The number of benzene rings is 1. The number of ketones is 1. The molecule has 2 aromatic rings. The highest BCUT2D eigenvalue weighted by molar-refractivity contribution is 6.00. The van der Waals surface area contributed by atoms with Gasteiger partial charge in [-0.15, -0.1) is 0 Å². The van der Waals surface area contributed by atoms with Gasteiger partial charge in [-0.25, -0.2) is 14.2 Å². The quantitative estimate of drug-likeness (QED) is 0.574. The van der Waals surface area contributed by atoms with Gasteiger partial charge in [-0.1, -0.05) is 45.1 Å². The summed E-state index contributed by atoms with van der Waals surface area (Å²) >= 11 is 0. The van der Waals surface area contributed by atoms with Crippen molar-refractivity contribution in [2.24, 2.45) is 11.8 Å². The van der Waals surface area contributed by atoms with E-state index in [2.05, 4.69) is 10.3 Å². The number of alkyl carbamates (subject to hydrolysis) is 1. The average molecular weight is 502 g/mol. The molecule has 0 bridgehead atoms. The second-order valence-corrected chi connectivity index (χ2v) is 9.97. The Bertz CT molecular complexity index is 1140. The third-order valence-electron chi connectivity index (χ3n) is 7.71. The zero-order valence-corrected chi connectivity index (χ0v) is 20.5. The van der Waals surface area contributed by atoms with Crippen LogP contribution in [0.5, 0.6) is 0 Å². The number of para-hydroxylation sites is 1. The summed E-state index contributed by atoms with van der Waals surface area (Å²) in [5, 5.41) is 2.60. The molecule has 36 heavy (non-hydrogen) atoms. The number of hydrogen-bond donors (Lipinski definition) is 1. The first kappa shape index (κ1) is 24.7. The van der Waals surface area contributed by atoms with Crippen molar-refractivity contribution in [3.8, 4) is 0 Å². The Morgan fingerprint density at radius 3 is 2.67 bits per heavy atom. The number of carbonyl (C=O) groups is 3. The SMILES string of the molecule is CC[C@H](NC(=O)O[C@]1(C(=O)N2CCOCC2)CC1C1CCCCC1)C(=O)c1nc2cccc(F)c2o1. The maximum absolute atomic E-state index is 14.0. The number of halogens is 1. The molecule has 1 aromatic heterocycles. The second kappa shape index (κ2) is 10.2. The van der Waals surface area contributed by atoms with E-state index >= 15 is 0 Å². The number of hydrogen-bond acceptors (Lipinski definition) is 7. The number of morpholine rings is 1. The molecule has 0 radical (unpaired) electrons.